The number of H-pyrrole nitrogens is 1. The lowest BCUT2D eigenvalue weighted by molar-refractivity contribution is 0.113. The Balaban J connectivity index is 1.59. The van der Waals surface area contributed by atoms with Gasteiger partial charge in [-0.3, -0.25) is 4.79 Å². The lowest BCUT2D eigenvalue weighted by atomic mass is 10.1. The predicted octanol–water partition coefficient (Wildman–Crippen LogP) is 4.34. The lowest BCUT2D eigenvalue weighted by Gasteiger charge is -2.27. The van der Waals surface area contributed by atoms with Gasteiger partial charge in [0.15, 0.2) is 5.11 Å². The number of aryl methyl sites for hydroxylation is 2. The number of nitrogens with zero attached hydrogens (tertiary/aromatic N) is 1. The number of aromatic amines is 1. The van der Waals surface area contributed by atoms with Crippen molar-refractivity contribution in [2.45, 2.75) is 45.9 Å². The zero-order chi connectivity index (χ0) is 22.7. The van der Waals surface area contributed by atoms with E-state index in [1.807, 2.05) is 24.8 Å². The van der Waals surface area contributed by atoms with E-state index in [-0.39, 0.29) is 17.5 Å². The summed E-state index contributed by atoms with van der Waals surface area (Å²) in [5, 5.41) is 4.84. The van der Waals surface area contributed by atoms with Crippen molar-refractivity contribution in [2.75, 3.05) is 13.2 Å². The summed E-state index contributed by atoms with van der Waals surface area (Å²) in [6, 6.07) is 12.4. The molecule has 0 bridgehead atoms. The number of ether oxygens (including phenoxy) is 1. The largest absolute Gasteiger partial charge is 0.376 e. The summed E-state index contributed by atoms with van der Waals surface area (Å²) in [6.45, 7) is 6.25. The average molecular weight is 454 g/mol. The van der Waals surface area contributed by atoms with Gasteiger partial charge in [0.25, 0.3) is 5.56 Å². The molecule has 0 unspecified atom stereocenters. The van der Waals surface area contributed by atoms with E-state index in [4.69, 9.17) is 17.0 Å². The molecule has 4 rings (SSSR count). The minimum Gasteiger partial charge on any atom is -0.376 e. The first-order valence-electron chi connectivity index (χ1n) is 10.9. The molecular formula is C25H28FN3O2S. The van der Waals surface area contributed by atoms with E-state index in [0.717, 1.165) is 47.0 Å². The summed E-state index contributed by atoms with van der Waals surface area (Å²) in [4.78, 5) is 17.8. The number of hydrogen-bond donors (Lipinski definition) is 2. The second kappa shape index (κ2) is 9.79. The van der Waals surface area contributed by atoms with E-state index in [9.17, 15) is 9.18 Å². The van der Waals surface area contributed by atoms with Crippen molar-refractivity contribution in [3.63, 3.8) is 0 Å². The van der Waals surface area contributed by atoms with Crippen LogP contribution in [0.15, 0.2) is 47.3 Å². The Morgan fingerprint density at radius 1 is 1.22 bits per heavy atom. The van der Waals surface area contributed by atoms with Crippen LogP contribution in [0.2, 0.25) is 0 Å². The summed E-state index contributed by atoms with van der Waals surface area (Å²) < 4.78 is 19.1. The van der Waals surface area contributed by atoms with Gasteiger partial charge < -0.3 is 19.9 Å². The fourth-order valence-corrected chi connectivity index (χ4v) is 4.40. The third kappa shape index (κ3) is 5.34. The second-order valence-corrected chi connectivity index (χ2v) is 8.86. The molecule has 1 atom stereocenters. The Labute approximate surface area is 192 Å². The number of aromatic nitrogens is 1. The lowest BCUT2D eigenvalue weighted by Crippen LogP contribution is -2.42. The van der Waals surface area contributed by atoms with Gasteiger partial charge in [-0.05, 0) is 79.7 Å². The third-order valence-corrected chi connectivity index (χ3v) is 6.21. The van der Waals surface area contributed by atoms with Crippen molar-refractivity contribution in [1.82, 2.24) is 15.2 Å². The van der Waals surface area contributed by atoms with Crippen LogP contribution in [0, 0.1) is 19.7 Å². The van der Waals surface area contributed by atoms with Crippen LogP contribution in [0.1, 0.15) is 35.1 Å². The minimum atomic E-state index is -0.281. The molecule has 1 aliphatic rings. The maximum Gasteiger partial charge on any atom is 0.253 e. The predicted molar refractivity (Wildman–Crippen MR) is 129 cm³/mol. The SMILES string of the molecule is Cc1cc(C)c2[nH]c(=O)c(CN(Cc3ccc(F)cc3)C(=S)NC[C@@H]3CCCO3)cc2c1. The van der Waals surface area contributed by atoms with E-state index < -0.39 is 0 Å². The molecule has 1 aromatic heterocycles. The fraction of sp³-hybridized carbons (Fsp3) is 0.360. The molecule has 1 fully saturated rings. The molecule has 3 aromatic rings. The van der Waals surface area contributed by atoms with Crippen LogP contribution in [0.4, 0.5) is 4.39 Å². The van der Waals surface area contributed by atoms with Gasteiger partial charge in [0.1, 0.15) is 5.82 Å². The molecule has 2 aromatic carbocycles. The molecule has 1 aliphatic heterocycles. The molecule has 5 nitrogen and oxygen atoms in total. The van der Waals surface area contributed by atoms with Crippen LogP contribution >= 0.6 is 12.2 Å². The highest BCUT2D eigenvalue weighted by Crippen LogP contribution is 2.19. The average Bonchev–Trinajstić information content (AvgIpc) is 3.28. The quantitative estimate of drug-likeness (QED) is 0.544. The van der Waals surface area contributed by atoms with Gasteiger partial charge in [-0.2, -0.15) is 0 Å². The van der Waals surface area contributed by atoms with Crippen molar-refractivity contribution in [2.24, 2.45) is 0 Å². The fourth-order valence-electron chi connectivity index (χ4n) is 4.18. The topological polar surface area (TPSA) is 57.4 Å². The number of pyridine rings is 1. The molecule has 168 valence electrons. The monoisotopic (exact) mass is 453 g/mol. The van der Waals surface area contributed by atoms with Gasteiger partial charge in [0.05, 0.1) is 18.2 Å². The molecule has 0 amide bonds. The standard InChI is InChI=1S/C25H28FN3O2S/c1-16-10-17(2)23-19(11-16)12-20(24(30)28-23)15-29(14-18-5-7-21(26)8-6-18)25(32)27-13-22-4-3-9-31-22/h5-8,10-12,22H,3-4,9,13-15H2,1-2H3,(H,27,32)(H,28,30)/t22-/m0/s1. The van der Waals surface area contributed by atoms with Crippen molar-refractivity contribution >= 4 is 28.2 Å². The number of thiocarbonyl (C=S) groups is 1. The Bertz CT molecular complexity index is 1170. The minimum absolute atomic E-state index is 0.129. The molecule has 0 saturated carbocycles. The Morgan fingerprint density at radius 3 is 2.72 bits per heavy atom. The third-order valence-electron chi connectivity index (χ3n) is 5.81. The van der Waals surface area contributed by atoms with E-state index in [0.29, 0.717) is 30.3 Å². The zero-order valence-electron chi connectivity index (χ0n) is 18.4. The summed E-state index contributed by atoms with van der Waals surface area (Å²) in [7, 11) is 0. The van der Waals surface area contributed by atoms with Crippen LogP contribution in [0.5, 0.6) is 0 Å². The number of hydrogen-bond acceptors (Lipinski definition) is 3. The Hall–Kier alpha value is -2.77. The maximum absolute atomic E-state index is 13.4. The van der Waals surface area contributed by atoms with Gasteiger partial charge in [-0.25, -0.2) is 4.39 Å². The number of benzene rings is 2. The summed E-state index contributed by atoms with van der Waals surface area (Å²) in [5.74, 6) is -0.281. The number of nitrogens with one attached hydrogen (secondary N) is 2. The van der Waals surface area contributed by atoms with Gasteiger partial charge in [-0.15, -0.1) is 0 Å². The molecule has 32 heavy (non-hydrogen) atoms. The molecular weight excluding hydrogens is 425 g/mol. The van der Waals surface area contributed by atoms with Gasteiger partial charge in [0, 0.05) is 25.3 Å². The summed E-state index contributed by atoms with van der Waals surface area (Å²) in [6.07, 6.45) is 2.22. The van der Waals surface area contributed by atoms with Crippen LogP contribution in [-0.4, -0.2) is 34.3 Å². The van der Waals surface area contributed by atoms with Crippen molar-refractivity contribution in [3.05, 3.63) is 80.9 Å². The second-order valence-electron chi connectivity index (χ2n) is 8.47. The van der Waals surface area contributed by atoms with Crippen LogP contribution in [-0.2, 0) is 17.8 Å². The van der Waals surface area contributed by atoms with E-state index in [2.05, 4.69) is 22.4 Å². The normalized spacial score (nSPS) is 15.8. The van der Waals surface area contributed by atoms with Gasteiger partial charge >= 0.3 is 0 Å². The Morgan fingerprint density at radius 2 is 2.00 bits per heavy atom. The van der Waals surface area contributed by atoms with Crippen LogP contribution in [0.3, 0.4) is 0 Å². The molecule has 0 radical (unpaired) electrons. The van der Waals surface area contributed by atoms with Crippen molar-refractivity contribution in [1.29, 1.82) is 0 Å². The number of fused-ring (bicyclic) bond motifs is 1. The molecule has 7 heteroatoms. The summed E-state index contributed by atoms with van der Waals surface area (Å²) in [5.41, 5.74) is 4.46. The van der Waals surface area contributed by atoms with E-state index in [1.165, 1.54) is 12.1 Å². The maximum atomic E-state index is 13.4. The molecule has 2 N–H and O–H groups in total. The van der Waals surface area contributed by atoms with Gasteiger partial charge in [-0.1, -0.05) is 23.8 Å². The molecule has 1 saturated heterocycles. The first kappa shape index (κ1) is 22.4. The highest BCUT2D eigenvalue weighted by atomic mass is 32.1. The molecule has 2 heterocycles. The molecule has 0 spiro atoms. The smallest absolute Gasteiger partial charge is 0.253 e. The highest BCUT2D eigenvalue weighted by molar-refractivity contribution is 7.80. The zero-order valence-corrected chi connectivity index (χ0v) is 19.2. The Kier molecular flexibility index (Phi) is 6.86. The van der Waals surface area contributed by atoms with E-state index >= 15 is 0 Å². The van der Waals surface area contributed by atoms with E-state index in [1.54, 1.807) is 12.1 Å². The van der Waals surface area contributed by atoms with Crippen LogP contribution < -0.4 is 10.9 Å². The van der Waals surface area contributed by atoms with Gasteiger partial charge in [0.2, 0.25) is 0 Å². The molecule has 0 aliphatic carbocycles. The number of rotatable bonds is 6. The first-order chi connectivity index (χ1) is 15.4. The first-order valence-corrected chi connectivity index (χ1v) is 11.3. The highest BCUT2D eigenvalue weighted by Gasteiger charge is 2.19. The number of halogens is 1. The van der Waals surface area contributed by atoms with Crippen molar-refractivity contribution in [3.8, 4) is 0 Å². The van der Waals surface area contributed by atoms with Crippen molar-refractivity contribution < 1.29 is 9.13 Å². The summed E-state index contributed by atoms with van der Waals surface area (Å²) >= 11 is 5.69. The van der Waals surface area contributed by atoms with Crippen LogP contribution in [0.25, 0.3) is 10.9 Å².